The highest BCUT2D eigenvalue weighted by atomic mass is 15.1. The van der Waals surface area contributed by atoms with Crippen molar-refractivity contribution < 1.29 is 0 Å². The molecule has 1 N–H and O–H groups in total. The summed E-state index contributed by atoms with van der Waals surface area (Å²) < 4.78 is 2.19. The Morgan fingerprint density at radius 2 is 2.13 bits per heavy atom. The molecule has 0 atom stereocenters. The van der Waals surface area contributed by atoms with E-state index in [1.54, 1.807) is 0 Å². The number of hydrogen-bond acceptors (Lipinski definition) is 2. The minimum Gasteiger partial charge on any atom is -0.329 e. The molecule has 0 fully saturated rings. The molecule has 0 spiro atoms. The van der Waals surface area contributed by atoms with Crippen LogP contribution in [0, 0.1) is 0 Å². The first-order valence-electron chi connectivity index (χ1n) is 5.40. The van der Waals surface area contributed by atoms with Crippen molar-refractivity contribution in [2.45, 2.75) is 26.4 Å². The SMILES string of the molecule is CC(C)NCCn1cnc2ccccc21. The number of benzene rings is 1. The van der Waals surface area contributed by atoms with Crippen LogP contribution in [0.3, 0.4) is 0 Å². The van der Waals surface area contributed by atoms with E-state index in [9.17, 15) is 0 Å². The molecule has 1 aromatic heterocycles. The van der Waals surface area contributed by atoms with Crippen LogP contribution in [-0.4, -0.2) is 22.1 Å². The monoisotopic (exact) mass is 203 g/mol. The van der Waals surface area contributed by atoms with Crippen molar-refractivity contribution >= 4 is 11.0 Å². The Labute approximate surface area is 90.1 Å². The smallest absolute Gasteiger partial charge is 0.0958 e. The van der Waals surface area contributed by atoms with Crippen molar-refractivity contribution in [2.24, 2.45) is 0 Å². The van der Waals surface area contributed by atoms with Gasteiger partial charge in [-0.3, -0.25) is 0 Å². The van der Waals surface area contributed by atoms with E-state index in [0.717, 1.165) is 18.6 Å². The van der Waals surface area contributed by atoms with Crippen LogP contribution in [0.25, 0.3) is 11.0 Å². The first-order chi connectivity index (χ1) is 7.27. The Morgan fingerprint density at radius 1 is 1.33 bits per heavy atom. The van der Waals surface area contributed by atoms with Crippen LogP contribution in [-0.2, 0) is 6.54 Å². The number of para-hydroxylation sites is 2. The molecule has 0 aliphatic rings. The Bertz CT molecular complexity index is 431. The van der Waals surface area contributed by atoms with Crippen molar-refractivity contribution in [3.63, 3.8) is 0 Å². The van der Waals surface area contributed by atoms with Crippen molar-refractivity contribution in [2.75, 3.05) is 6.54 Å². The number of imidazole rings is 1. The summed E-state index contributed by atoms with van der Waals surface area (Å²) in [5, 5.41) is 3.40. The third-order valence-electron chi connectivity index (χ3n) is 2.43. The maximum absolute atomic E-state index is 4.35. The van der Waals surface area contributed by atoms with Gasteiger partial charge in [-0.25, -0.2) is 4.98 Å². The van der Waals surface area contributed by atoms with E-state index in [1.807, 2.05) is 18.5 Å². The van der Waals surface area contributed by atoms with E-state index in [2.05, 4.69) is 40.8 Å². The lowest BCUT2D eigenvalue weighted by Crippen LogP contribution is -2.26. The van der Waals surface area contributed by atoms with E-state index in [0.29, 0.717) is 6.04 Å². The van der Waals surface area contributed by atoms with Gasteiger partial charge in [0.15, 0.2) is 0 Å². The zero-order valence-corrected chi connectivity index (χ0v) is 9.27. The Morgan fingerprint density at radius 3 is 2.93 bits per heavy atom. The highest BCUT2D eigenvalue weighted by molar-refractivity contribution is 5.74. The van der Waals surface area contributed by atoms with Crippen LogP contribution in [0.15, 0.2) is 30.6 Å². The fourth-order valence-corrected chi connectivity index (χ4v) is 1.66. The minimum atomic E-state index is 0.541. The lowest BCUT2D eigenvalue weighted by molar-refractivity contribution is 0.546. The second kappa shape index (κ2) is 4.45. The second-order valence-electron chi connectivity index (χ2n) is 4.04. The summed E-state index contributed by atoms with van der Waals surface area (Å²) in [6, 6.07) is 8.77. The Kier molecular flexibility index (Phi) is 3.02. The fourth-order valence-electron chi connectivity index (χ4n) is 1.66. The third kappa shape index (κ3) is 2.36. The van der Waals surface area contributed by atoms with Crippen LogP contribution in [0.2, 0.25) is 0 Å². The summed E-state index contributed by atoms with van der Waals surface area (Å²) in [4.78, 5) is 4.35. The molecule has 0 bridgehead atoms. The van der Waals surface area contributed by atoms with Gasteiger partial charge in [-0.2, -0.15) is 0 Å². The van der Waals surface area contributed by atoms with Gasteiger partial charge >= 0.3 is 0 Å². The lowest BCUT2D eigenvalue weighted by atomic mass is 10.3. The number of nitrogens with zero attached hydrogens (tertiary/aromatic N) is 2. The number of hydrogen-bond donors (Lipinski definition) is 1. The second-order valence-corrected chi connectivity index (χ2v) is 4.04. The maximum atomic E-state index is 4.35. The van der Waals surface area contributed by atoms with E-state index in [1.165, 1.54) is 5.52 Å². The van der Waals surface area contributed by atoms with E-state index >= 15 is 0 Å². The molecule has 3 heteroatoms. The summed E-state index contributed by atoms with van der Waals surface area (Å²) in [7, 11) is 0. The quantitative estimate of drug-likeness (QED) is 0.824. The summed E-state index contributed by atoms with van der Waals surface area (Å²) in [5.41, 5.74) is 2.28. The predicted molar refractivity (Wildman–Crippen MR) is 62.9 cm³/mol. The van der Waals surface area contributed by atoms with Crippen LogP contribution < -0.4 is 5.32 Å². The van der Waals surface area contributed by atoms with E-state index in [-0.39, 0.29) is 0 Å². The summed E-state index contributed by atoms with van der Waals surface area (Å²) in [6.07, 6.45) is 1.91. The van der Waals surface area contributed by atoms with Gasteiger partial charge in [0.1, 0.15) is 0 Å². The maximum Gasteiger partial charge on any atom is 0.0958 e. The molecule has 0 amide bonds. The van der Waals surface area contributed by atoms with Crippen LogP contribution in [0.1, 0.15) is 13.8 Å². The average molecular weight is 203 g/mol. The normalized spacial score (nSPS) is 11.4. The third-order valence-corrected chi connectivity index (χ3v) is 2.43. The molecule has 3 nitrogen and oxygen atoms in total. The predicted octanol–water partition coefficient (Wildman–Crippen LogP) is 2.03. The molecule has 15 heavy (non-hydrogen) atoms. The van der Waals surface area contributed by atoms with Gasteiger partial charge in [0.25, 0.3) is 0 Å². The van der Waals surface area contributed by atoms with Gasteiger partial charge in [0, 0.05) is 19.1 Å². The van der Waals surface area contributed by atoms with Crippen molar-refractivity contribution in [1.82, 2.24) is 14.9 Å². The summed E-state index contributed by atoms with van der Waals surface area (Å²) in [5.74, 6) is 0. The molecule has 2 rings (SSSR count). The molecule has 0 unspecified atom stereocenters. The summed E-state index contributed by atoms with van der Waals surface area (Å²) >= 11 is 0. The fraction of sp³-hybridized carbons (Fsp3) is 0.417. The van der Waals surface area contributed by atoms with Crippen LogP contribution in [0.4, 0.5) is 0 Å². The summed E-state index contributed by atoms with van der Waals surface area (Å²) in [6.45, 7) is 6.27. The number of aromatic nitrogens is 2. The molecule has 2 aromatic rings. The zero-order valence-electron chi connectivity index (χ0n) is 9.27. The molecule has 0 aliphatic heterocycles. The highest BCUT2D eigenvalue weighted by Gasteiger charge is 2.00. The lowest BCUT2D eigenvalue weighted by Gasteiger charge is -2.08. The standard InChI is InChI=1S/C12H17N3/c1-10(2)13-7-8-15-9-14-11-5-3-4-6-12(11)15/h3-6,9-10,13H,7-8H2,1-2H3. The Balaban J connectivity index is 2.08. The van der Waals surface area contributed by atoms with Gasteiger partial charge in [0.2, 0.25) is 0 Å². The molecule has 0 radical (unpaired) electrons. The van der Waals surface area contributed by atoms with E-state index in [4.69, 9.17) is 0 Å². The number of nitrogens with one attached hydrogen (secondary N) is 1. The van der Waals surface area contributed by atoms with Crippen molar-refractivity contribution in [3.05, 3.63) is 30.6 Å². The molecular formula is C12H17N3. The first-order valence-corrected chi connectivity index (χ1v) is 5.40. The molecule has 0 saturated heterocycles. The zero-order chi connectivity index (χ0) is 10.7. The van der Waals surface area contributed by atoms with Crippen LogP contribution in [0.5, 0.6) is 0 Å². The molecule has 1 aromatic carbocycles. The van der Waals surface area contributed by atoms with Gasteiger partial charge in [-0.1, -0.05) is 26.0 Å². The average Bonchev–Trinajstić information content (AvgIpc) is 2.62. The molecule has 80 valence electrons. The van der Waals surface area contributed by atoms with Gasteiger partial charge < -0.3 is 9.88 Å². The first kappa shape index (κ1) is 10.2. The number of fused-ring (bicyclic) bond motifs is 1. The molecular weight excluding hydrogens is 186 g/mol. The van der Waals surface area contributed by atoms with Crippen LogP contribution >= 0.6 is 0 Å². The van der Waals surface area contributed by atoms with Gasteiger partial charge in [-0.15, -0.1) is 0 Å². The van der Waals surface area contributed by atoms with E-state index < -0.39 is 0 Å². The topological polar surface area (TPSA) is 29.9 Å². The molecule has 0 aliphatic carbocycles. The van der Waals surface area contributed by atoms with Crippen molar-refractivity contribution in [3.8, 4) is 0 Å². The molecule has 0 saturated carbocycles. The minimum absolute atomic E-state index is 0.541. The largest absolute Gasteiger partial charge is 0.329 e. The number of rotatable bonds is 4. The van der Waals surface area contributed by atoms with Crippen molar-refractivity contribution in [1.29, 1.82) is 0 Å². The highest BCUT2D eigenvalue weighted by Crippen LogP contribution is 2.10. The Hall–Kier alpha value is -1.35. The van der Waals surface area contributed by atoms with Gasteiger partial charge in [-0.05, 0) is 12.1 Å². The van der Waals surface area contributed by atoms with Gasteiger partial charge in [0.05, 0.1) is 17.4 Å². The molecule has 1 heterocycles.